The van der Waals surface area contributed by atoms with Crippen LogP contribution in [0.1, 0.15) is 74.9 Å². The first-order valence-electron chi connectivity index (χ1n) is 14.0. The third-order valence-electron chi connectivity index (χ3n) is 8.67. The predicted molar refractivity (Wildman–Crippen MR) is 162 cm³/mol. The number of hydrogen-bond donors (Lipinski definition) is 0. The van der Waals surface area contributed by atoms with Gasteiger partial charge in [0.1, 0.15) is 5.75 Å². The molecule has 5 aromatic rings. The minimum atomic E-state index is -0.335. The topological polar surface area (TPSA) is 52.4 Å². The van der Waals surface area contributed by atoms with Crippen LogP contribution in [0.3, 0.4) is 0 Å². The zero-order valence-corrected chi connectivity index (χ0v) is 24.1. The standard InChI is InChI=1S/C35H37NO3/c1-34(2,3)25-17-23-10-8-20-16-21(9-11-24(18-25)33(23)39-7)27-14-15-28-30-22(12-13-26(20)31(27)30)19-29(35(4,5)6)32(28)36(37)38/h12-19H,8-11H2,1-7H3. The molecule has 0 unspecified atom stereocenters. The lowest BCUT2D eigenvalue weighted by atomic mass is 9.79. The van der Waals surface area contributed by atoms with Gasteiger partial charge in [-0.2, -0.15) is 0 Å². The zero-order chi connectivity index (χ0) is 27.9. The first-order chi connectivity index (χ1) is 18.4. The van der Waals surface area contributed by atoms with Crippen LogP contribution in [0.25, 0.3) is 32.3 Å². The summed E-state index contributed by atoms with van der Waals surface area (Å²) in [4.78, 5) is 12.3. The molecule has 0 aromatic heterocycles. The van der Waals surface area contributed by atoms with Crippen LogP contribution in [-0.2, 0) is 36.5 Å². The molecule has 39 heavy (non-hydrogen) atoms. The Kier molecular flexibility index (Phi) is 5.70. The number of nitro groups is 1. The van der Waals surface area contributed by atoms with Gasteiger partial charge in [0, 0.05) is 10.9 Å². The van der Waals surface area contributed by atoms with Crippen LogP contribution in [0, 0.1) is 10.1 Å². The third-order valence-corrected chi connectivity index (χ3v) is 8.67. The highest BCUT2D eigenvalue weighted by Gasteiger charge is 2.30. The van der Waals surface area contributed by atoms with Gasteiger partial charge in [-0.3, -0.25) is 10.1 Å². The fourth-order valence-electron chi connectivity index (χ4n) is 6.65. The van der Waals surface area contributed by atoms with Crippen molar-refractivity contribution in [2.24, 2.45) is 0 Å². The number of hydrogen-bond acceptors (Lipinski definition) is 3. The molecule has 0 saturated carbocycles. The maximum atomic E-state index is 12.4. The molecule has 4 bridgehead atoms. The monoisotopic (exact) mass is 519 g/mol. The second-order valence-electron chi connectivity index (χ2n) is 13.3. The molecule has 0 spiro atoms. The Labute approximate surface area is 230 Å². The molecule has 0 atom stereocenters. The normalized spacial score (nSPS) is 14.3. The summed E-state index contributed by atoms with van der Waals surface area (Å²) in [6, 6.07) is 17.6. The van der Waals surface area contributed by atoms with E-state index in [1.165, 1.54) is 44.0 Å². The van der Waals surface area contributed by atoms with Gasteiger partial charge in [0.2, 0.25) is 0 Å². The summed E-state index contributed by atoms with van der Waals surface area (Å²) in [6.07, 6.45) is 3.55. The Balaban J connectivity index is 1.64. The number of aryl methyl sites for hydroxylation is 4. The van der Waals surface area contributed by atoms with E-state index in [0.717, 1.165) is 53.2 Å². The molecule has 0 aliphatic heterocycles. The van der Waals surface area contributed by atoms with Crippen molar-refractivity contribution in [2.75, 3.05) is 7.11 Å². The summed E-state index contributed by atoms with van der Waals surface area (Å²) in [5.74, 6) is 1.03. The maximum absolute atomic E-state index is 12.4. The van der Waals surface area contributed by atoms with E-state index in [-0.39, 0.29) is 21.4 Å². The second kappa shape index (κ2) is 8.67. The summed E-state index contributed by atoms with van der Waals surface area (Å²) >= 11 is 0. The van der Waals surface area contributed by atoms with Gasteiger partial charge in [0.15, 0.2) is 0 Å². The summed E-state index contributed by atoms with van der Waals surface area (Å²) in [5, 5.41) is 18.9. The molecular formula is C35H37NO3. The van der Waals surface area contributed by atoms with Crippen molar-refractivity contribution in [1.82, 2.24) is 0 Å². The SMILES string of the molecule is COc1c2cc(C(C)(C)C)cc1CCc1cc(c3ccc4cc(C(C)(C)C)c([N+](=O)[O-])c5ccc1c3c45)CC2. The summed E-state index contributed by atoms with van der Waals surface area (Å²) in [7, 11) is 1.79. The molecule has 0 heterocycles. The highest BCUT2D eigenvalue weighted by atomic mass is 16.6. The van der Waals surface area contributed by atoms with Crippen LogP contribution in [0.2, 0.25) is 0 Å². The van der Waals surface area contributed by atoms with Gasteiger partial charge < -0.3 is 4.74 Å². The van der Waals surface area contributed by atoms with E-state index in [1.54, 1.807) is 7.11 Å². The number of methoxy groups -OCH3 is 1. The third kappa shape index (κ3) is 4.04. The molecule has 5 aromatic carbocycles. The minimum Gasteiger partial charge on any atom is -0.496 e. The van der Waals surface area contributed by atoms with Crippen molar-refractivity contribution < 1.29 is 9.66 Å². The predicted octanol–water partition coefficient (Wildman–Crippen LogP) is 8.98. The molecule has 4 nitrogen and oxygen atoms in total. The van der Waals surface area contributed by atoms with Gasteiger partial charge >= 0.3 is 0 Å². The summed E-state index contributed by atoms with van der Waals surface area (Å²) in [5.41, 5.74) is 7.24. The van der Waals surface area contributed by atoms with E-state index in [2.05, 4.69) is 84.0 Å². The fourth-order valence-corrected chi connectivity index (χ4v) is 6.65. The molecule has 4 heteroatoms. The first-order valence-corrected chi connectivity index (χ1v) is 14.0. The molecule has 0 saturated heterocycles. The van der Waals surface area contributed by atoms with E-state index in [1.807, 2.05) is 6.07 Å². The van der Waals surface area contributed by atoms with Crippen molar-refractivity contribution >= 4 is 38.0 Å². The van der Waals surface area contributed by atoms with Gasteiger partial charge in [-0.25, -0.2) is 0 Å². The van der Waals surface area contributed by atoms with Gasteiger partial charge in [-0.15, -0.1) is 0 Å². The minimum absolute atomic E-state index is 0.0611. The summed E-state index contributed by atoms with van der Waals surface area (Å²) in [6.45, 7) is 13.0. The van der Waals surface area contributed by atoms with Gasteiger partial charge in [-0.05, 0) is 98.0 Å². The van der Waals surface area contributed by atoms with Crippen LogP contribution >= 0.6 is 0 Å². The molecule has 1 aliphatic carbocycles. The van der Waals surface area contributed by atoms with Crippen molar-refractivity contribution in [2.45, 2.75) is 78.1 Å². The number of benzene rings is 5. The van der Waals surface area contributed by atoms with E-state index in [4.69, 9.17) is 4.74 Å². The number of nitro benzene ring substituents is 1. The largest absolute Gasteiger partial charge is 0.496 e. The van der Waals surface area contributed by atoms with Crippen molar-refractivity contribution in [3.63, 3.8) is 0 Å². The molecule has 200 valence electrons. The molecule has 6 rings (SSSR count). The van der Waals surface area contributed by atoms with Gasteiger partial charge in [0.25, 0.3) is 5.69 Å². The highest BCUT2D eigenvalue weighted by molar-refractivity contribution is 6.26. The average Bonchev–Trinajstić information content (AvgIpc) is 2.87. The Morgan fingerprint density at radius 1 is 0.692 bits per heavy atom. The Hall–Kier alpha value is -3.66. The summed E-state index contributed by atoms with van der Waals surface area (Å²) < 4.78 is 5.99. The van der Waals surface area contributed by atoms with Crippen molar-refractivity contribution in [3.8, 4) is 5.75 Å². The van der Waals surface area contributed by atoms with E-state index < -0.39 is 0 Å². The van der Waals surface area contributed by atoms with Crippen LogP contribution in [0.4, 0.5) is 5.69 Å². The second-order valence-corrected chi connectivity index (χ2v) is 13.3. The van der Waals surface area contributed by atoms with Crippen LogP contribution < -0.4 is 4.74 Å². The number of rotatable bonds is 2. The molecule has 1 aliphatic rings. The molecular weight excluding hydrogens is 482 g/mol. The van der Waals surface area contributed by atoms with Crippen molar-refractivity contribution in [3.05, 3.63) is 92.0 Å². The van der Waals surface area contributed by atoms with Crippen molar-refractivity contribution in [1.29, 1.82) is 0 Å². The molecule has 0 amide bonds. The van der Waals surface area contributed by atoms with Crippen LogP contribution in [0.15, 0.2) is 48.5 Å². The smallest absolute Gasteiger partial charge is 0.280 e. The van der Waals surface area contributed by atoms with E-state index in [9.17, 15) is 10.1 Å². The van der Waals surface area contributed by atoms with Gasteiger partial charge in [0.05, 0.1) is 17.4 Å². The quantitative estimate of drug-likeness (QED) is 0.133. The Morgan fingerprint density at radius 3 is 1.74 bits per heavy atom. The average molecular weight is 520 g/mol. The number of nitrogens with zero attached hydrogens (tertiary/aromatic N) is 1. The van der Waals surface area contributed by atoms with Crippen LogP contribution in [0.5, 0.6) is 5.75 Å². The Morgan fingerprint density at radius 2 is 1.23 bits per heavy atom. The number of fused-ring (bicyclic) bond motifs is 6. The Bertz CT molecular complexity index is 1730. The zero-order valence-electron chi connectivity index (χ0n) is 24.1. The van der Waals surface area contributed by atoms with E-state index in [0.29, 0.717) is 0 Å². The van der Waals surface area contributed by atoms with E-state index >= 15 is 0 Å². The van der Waals surface area contributed by atoms with Crippen LogP contribution in [-0.4, -0.2) is 12.0 Å². The highest BCUT2D eigenvalue weighted by Crippen LogP contribution is 2.46. The lowest BCUT2D eigenvalue weighted by Crippen LogP contribution is -2.15. The molecule has 0 fully saturated rings. The first kappa shape index (κ1) is 25.6. The number of ether oxygens (including phenoxy) is 1. The molecule has 0 radical (unpaired) electrons. The lowest BCUT2D eigenvalue weighted by molar-refractivity contribution is -0.384. The molecule has 0 N–H and O–H groups in total. The fraction of sp³-hybridized carbons (Fsp3) is 0.371. The lowest BCUT2D eigenvalue weighted by Gasteiger charge is -2.25. The van der Waals surface area contributed by atoms with Gasteiger partial charge in [-0.1, -0.05) is 77.9 Å². The maximum Gasteiger partial charge on any atom is 0.280 e.